The van der Waals surface area contributed by atoms with E-state index in [9.17, 15) is 14.4 Å². The maximum atomic E-state index is 11.8. The molecule has 0 saturated carbocycles. The molecule has 7 nitrogen and oxygen atoms in total. The average Bonchev–Trinajstić information content (AvgIpc) is 2.40. The molecule has 110 valence electrons. The number of hydrogen-bond donors (Lipinski definition) is 2. The van der Waals surface area contributed by atoms with Gasteiger partial charge in [0.1, 0.15) is 0 Å². The van der Waals surface area contributed by atoms with Gasteiger partial charge in [-0.2, -0.15) is 0 Å². The Balaban J connectivity index is 2.43. The third kappa shape index (κ3) is 3.32. The lowest BCUT2D eigenvalue weighted by atomic mass is 10.3. The first-order valence-electron chi connectivity index (χ1n) is 5.79. The lowest BCUT2D eigenvalue weighted by Gasteiger charge is -2.05. The first kappa shape index (κ1) is 15.3. The summed E-state index contributed by atoms with van der Waals surface area (Å²) >= 11 is 11.7. The number of ether oxygens (including phenoxy) is 1. The van der Waals surface area contributed by atoms with Gasteiger partial charge in [-0.15, -0.1) is 0 Å². The number of alkyl carbamates (subject to hydrolysis) is 1. The number of nitrogens with zero attached hydrogens (tertiary/aromatic N) is 1. The maximum Gasteiger partial charge on any atom is 0.414 e. The van der Waals surface area contributed by atoms with Crippen molar-refractivity contribution >= 4 is 46.2 Å². The van der Waals surface area contributed by atoms with Crippen LogP contribution >= 0.6 is 23.2 Å². The van der Waals surface area contributed by atoms with Gasteiger partial charge in [-0.25, -0.2) is 9.78 Å². The molecule has 1 aromatic carbocycles. The number of aromatic nitrogens is 2. The second-order valence-corrected chi connectivity index (χ2v) is 4.69. The van der Waals surface area contributed by atoms with Gasteiger partial charge < -0.3 is 9.72 Å². The summed E-state index contributed by atoms with van der Waals surface area (Å²) in [6, 6.07) is 2.82. The Kier molecular flexibility index (Phi) is 4.44. The van der Waals surface area contributed by atoms with E-state index >= 15 is 0 Å². The smallest absolute Gasteiger partial charge is 0.414 e. The van der Waals surface area contributed by atoms with E-state index in [2.05, 4.69) is 14.7 Å². The number of carbonyl (C=O) groups is 2. The first-order chi connectivity index (χ1) is 9.92. The number of fused-ring (bicyclic) bond motifs is 1. The van der Waals surface area contributed by atoms with Crippen molar-refractivity contribution in [3.05, 3.63) is 38.2 Å². The molecular formula is C12H9Cl2N3O4. The minimum Gasteiger partial charge on any atom is -0.450 e. The Morgan fingerprint density at radius 1 is 1.33 bits per heavy atom. The van der Waals surface area contributed by atoms with Crippen LogP contribution in [0.2, 0.25) is 10.0 Å². The van der Waals surface area contributed by atoms with Gasteiger partial charge in [-0.05, 0) is 19.1 Å². The zero-order valence-electron chi connectivity index (χ0n) is 10.7. The lowest BCUT2D eigenvalue weighted by Crippen LogP contribution is -2.35. The van der Waals surface area contributed by atoms with Crippen LogP contribution in [0, 0.1) is 0 Å². The molecule has 2 rings (SSSR count). The number of halogens is 2. The van der Waals surface area contributed by atoms with Crippen LogP contribution in [0.4, 0.5) is 4.79 Å². The zero-order chi connectivity index (χ0) is 15.6. The van der Waals surface area contributed by atoms with E-state index in [-0.39, 0.29) is 22.2 Å². The van der Waals surface area contributed by atoms with Gasteiger partial charge >= 0.3 is 6.09 Å². The summed E-state index contributed by atoms with van der Waals surface area (Å²) in [5, 5.41) is 2.35. The van der Waals surface area contributed by atoms with Gasteiger partial charge in [0.2, 0.25) is 0 Å². The molecule has 0 atom stereocenters. The van der Waals surface area contributed by atoms with Crippen LogP contribution in [0.3, 0.4) is 0 Å². The predicted molar refractivity (Wildman–Crippen MR) is 76.9 cm³/mol. The molecule has 9 heteroatoms. The summed E-state index contributed by atoms with van der Waals surface area (Å²) in [5.74, 6) is -0.970. The normalized spacial score (nSPS) is 10.4. The number of benzene rings is 1. The number of H-pyrrole nitrogens is 1. The van der Waals surface area contributed by atoms with Crippen LogP contribution in [0.1, 0.15) is 17.4 Å². The largest absolute Gasteiger partial charge is 0.450 e. The zero-order valence-corrected chi connectivity index (χ0v) is 12.2. The van der Waals surface area contributed by atoms with Crippen molar-refractivity contribution in [2.24, 2.45) is 0 Å². The Morgan fingerprint density at radius 2 is 2.00 bits per heavy atom. The molecule has 0 aliphatic rings. The van der Waals surface area contributed by atoms with Gasteiger partial charge in [0.25, 0.3) is 11.5 Å². The van der Waals surface area contributed by atoms with Crippen LogP contribution in [0.15, 0.2) is 16.9 Å². The number of nitrogens with one attached hydrogen (secondary N) is 2. The molecule has 0 aliphatic carbocycles. The van der Waals surface area contributed by atoms with E-state index in [1.54, 1.807) is 6.92 Å². The van der Waals surface area contributed by atoms with Crippen LogP contribution in [0.25, 0.3) is 11.0 Å². The molecule has 0 fully saturated rings. The Bertz CT molecular complexity index is 788. The number of imide groups is 1. The third-order valence-electron chi connectivity index (χ3n) is 2.44. The summed E-state index contributed by atoms with van der Waals surface area (Å²) in [7, 11) is 0. The van der Waals surface area contributed by atoms with Crippen molar-refractivity contribution in [2.45, 2.75) is 6.92 Å². The highest BCUT2D eigenvalue weighted by Gasteiger charge is 2.17. The first-order valence-corrected chi connectivity index (χ1v) is 6.55. The van der Waals surface area contributed by atoms with Crippen LogP contribution in [-0.2, 0) is 4.74 Å². The highest BCUT2D eigenvalue weighted by molar-refractivity contribution is 6.42. The van der Waals surface area contributed by atoms with Gasteiger partial charge in [-0.3, -0.25) is 14.9 Å². The van der Waals surface area contributed by atoms with E-state index in [0.29, 0.717) is 5.52 Å². The van der Waals surface area contributed by atoms with E-state index in [1.807, 2.05) is 5.32 Å². The van der Waals surface area contributed by atoms with Crippen molar-refractivity contribution < 1.29 is 14.3 Å². The van der Waals surface area contributed by atoms with Gasteiger partial charge in [0, 0.05) is 0 Å². The molecular weight excluding hydrogens is 321 g/mol. The molecule has 1 aromatic heterocycles. The molecule has 0 aliphatic heterocycles. The van der Waals surface area contributed by atoms with E-state index < -0.39 is 23.3 Å². The molecule has 2 N–H and O–H groups in total. The molecule has 21 heavy (non-hydrogen) atoms. The predicted octanol–water partition coefficient (Wildman–Crippen LogP) is 2.12. The van der Waals surface area contributed by atoms with Crippen molar-refractivity contribution in [3.63, 3.8) is 0 Å². The quantitative estimate of drug-likeness (QED) is 0.878. The fourth-order valence-corrected chi connectivity index (χ4v) is 1.88. The van der Waals surface area contributed by atoms with Crippen molar-refractivity contribution in [3.8, 4) is 0 Å². The van der Waals surface area contributed by atoms with E-state index in [0.717, 1.165) is 0 Å². The molecule has 0 radical (unpaired) electrons. The van der Waals surface area contributed by atoms with Crippen molar-refractivity contribution in [2.75, 3.05) is 6.61 Å². The van der Waals surface area contributed by atoms with Gasteiger partial charge in [0.05, 0.1) is 27.7 Å². The lowest BCUT2D eigenvalue weighted by molar-refractivity contribution is 0.0919. The molecule has 1 heterocycles. The van der Waals surface area contributed by atoms with Gasteiger partial charge in [-0.1, -0.05) is 23.2 Å². The van der Waals surface area contributed by atoms with Gasteiger partial charge in [0.15, 0.2) is 5.69 Å². The summed E-state index contributed by atoms with van der Waals surface area (Å²) in [5.41, 5.74) is -0.656. The van der Waals surface area contributed by atoms with Crippen LogP contribution in [0.5, 0.6) is 0 Å². The fraction of sp³-hybridized carbons (Fsp3) is 0.167. The number of amides is 2. The molecule has 0 saturated heterocycles. The molecule has 0 unspecified atom stereocenters. The average molecular weight is 330 g/mol. The van der Waals surface area contributed by atoms with E-state index in [1.165, 1.54) is 12.1 Å². The molecule has 2 aromatic rings. The monoisotopic (exact) mass is 329 g/mol. The van der Waals surface area contributed by atoms with Crippen molar-refractivity contribution in [1.29, 1.82) is 0 Å². The number of carbonyl (C=O) groups excluding carboxylic acids is 2. The Labute approximate surface area is 128 Å². The highest BCUT2D eigenvalue weighted by Crippen LogP contribution is 2.25. The minimum absolute atomic E-state index is 0.0920. The molecule has 0 spiro atoms. The second-order valence-electron chi connectivity index (χ2n) is 3.87. The topological polar surface area (TPSA) is 101 Å². The molecule has 0 bridgehead atoms. The van der Waals surface area contributed by atoms with Crippen molar-refractivity contribution in [1.82, 2.24) is 15.3 Å². The Hall–Kier alpha value is -2.12. The number of rotatable bonds is 2. The second kappa shape index (κ2) is 6.11. The number of aromatic amines is 1. The fourth-order valence-electron chi connectivity index (χ4n) is 1.55. The third-order valence-corrected chi connectivity index (χ3v) is 3.16. The highest BCUT2D eigenvalue weighted by atomic mass is 35.5. The van der Waals surface area contributed by atoms with E-state index in [4.69, 9.17) is 23.2 Å². The minimum atomic E-state index is -0.970. The summed E-state index contributed by atoms with van der Waals surface area (Å²) in [6.07, 6.45) is -0.960. The van der Waals surface area contributed by atoms with Crippen LogP contribution < -0.4 is 10.9 Å². The maximum absolute atomic E-state index is 11.8. The summed E-state index contributed by atoms with van der Waals surface area (Å²) < 4.78 is 4.55. The summed E-state index contributed by atoms with van der Waals surface area (Å²) in [4.78, 5) is 41.1. The van der Waals surface area contributed by atoms with Crippen LogP contribution in [-0.4, -0.2) is 28.6 Å². The summed E-state index contributed by atoms with van der Waals surface area (Å²) in [6.45, 7) is 1.67. The standard InChI is InChI=1S/C12H9Cl2N3O4/c1-2-21-12(20)17-11(19)9-10(18)16-8-4-6(14)5(13)3-7(8)15-9/h3-4H,2H2,1H3,(H,16,18)(H,17,19,20). The molecule has 2 amide bonds. The SMILES string of the molecule is CCOC(=O)NC(=O)c1nc2cc(Cl)c(Cl)cc2[nH]c1=O. The Morgan fingerprint density at radius 3 is 2.67 bits per heavy atom. The number of hydrogen-bond acceptors (Lipinski definition) is 5.